The van der Waals surface area contributed by atoms with Gasteiger partial charge >= 0.3 is 5.97 Å². The van der Waals surface area contributed by atoms with Crippen LogP contribution in [-0.2, 0) is 4.79 Å². The number of amides is 2. The first-order chi connectivity index (χ1) is 18.8. The first-order valence-electron chi connectivity index (χ1n) is 12.1. The second-order valence-electron chi connectivity index (χ2n) is 8.38. The average molecular weight is 659 g/mol. The summed E-state index contributed by atoms with van der Waals surface area (Å²) >= 11 is 2.92. The molecular formula is C29H26INO7S. The van der Waals surface area contributed by atoms with Crippen molar-refractivity contribution in [3.8, 4) is 23.0 Å². The molecule has 0 unspecified atom stereocenters. The smallest absolute Gasteiger partial charge is 0.343 e. The summed E-state index contributed by atoms with van der Waals surface area (Å²) in [6, 6.07) is 17.6. The number of carbonyl (C=O) groups is 3. The minimum Gasteiger partial charge on any atom is -0.497 e. The molecule has 202 valence electrons. The van der Waals surface area contributed by atoms with Crippen molar-refractivity contribution in [2.75, 3.05) is 26.9 Å². The Morgan fingerprint density at radius 3 is 2.36 bits per heavy atom. The zero-order valence-corrected chi connectivity index (χ0v) is 24.5. The van der Waals surface area contributed by atoms with E-state index in [-0.39, 0.29) is 35.0 Å². The number of nitrogens with zero attached hydrogens (tertiary/aromatic N) is 1. The molecule has 0 aliphatic carbocycles. The van der Waals surface area contributed by atoms with Gasteiger partial charge in [-0.3, -0.25) is 14.5 Å². The Balaban J connectivity index is 1.48. The summed E-state index contributed by atoms with van der Waals surface area (Å²) in [5.74, 6) is 0.997. The Morgan fingerprint density at radius 1 is 1.00 bits per heavy atom. The zero-order chi connectivity index (χ0) is 27.9. The number of rotatable bonds is 10. The first-order valence-corrected chi connectivity index (χ1v) is 14.0. The third-order valence-electron chi connectivity index (χ3n) is 5.63. The van der Waals surface area contributed by atoms with Gasteiger partial charge in [0.1, 0.15) is 18.1 Å². The van der Waals surface area contributed by atoms with Gasteiger partial charge in [-0.05, 0) is 108 Å². The van der Waals surface area contributed by atoms with Crippen LogP contribution >= 0.6 is 34.4 Å². The number of imide groups is 1. The second-order valence-corrected chi connectivity index (χ2v) is 10.5. The molecule has 0 aromatic heterocycles. The molecule has 3 aromatic carbocycles. The summed E-state index contributed by atoms with van der Waals surface area (Å²) in [5.41, 5.74) is 2.11. The van der Waals surface area contributed by atoms with Gasteiger partial charge in [0.25, 0.3) is 11.1 Å². The summed E-state index contributed by atoms with van der Waals surface area (Å²) < 4.78 is 22.8. The third-order valence-corrected chi connectivity index (χ3v) is 7.34. The minimum atomic E-state index is -0.543. The average Bonchev–Trinajstić information content (AvgIpc) is 3.19. The fourth-order valence-corrected chi connectivity index (χ4v) is 5.25. The second kappa shape index (κ2) is 13.0. The molecule has 3 aromatic rings. The molecular weight excluding hydrogens is 633 g/mol. The number of hydrogen-bond donors (Lipinski definition) is 0. The van der Waals surface area contributed by atoms with E-state index < -0.39 is 5.97 Å². The molecule has 10 heteroatoms. The third kappa shape index (κ3) is 7.12. The Kier molecular flexibility index (Phi) is 9.52. The van der Waals surface area contributed by atoms with Crippen molar-refractivity contribution in [1.29, 1.82) is 0 Å². The standard InChI is InChI=1S/C29H26INO7S/c1-4-36-24-16-19(15-23(30)26(24)38-28(33)20-7-11-21(35-3)12-8-20)17-25-27(32)31(29(34)39-25)13-14-37-22-9-5-18(2)6-10-22/h5-12,15-17H,4,13-14H2,1-3H3/b25-17-. The molecule has 4 rings (SSSR count). The number of methoxy groups -OCH3 is 1. The Hall–Kier alpha value is -3.51. The molecule has 2 amide bonds. The molecule has 1 heterocycles. The van der Waals surface area contributed by atoms with Crippen LogP contribution < -0.4 is 18.9 Å². The largest absolute Gasteiger partial charge is 0.497 e. The number of halogens is 1. The van der Waals surface area contributed by atoms with E-state index in [0.717, 1.165) is 17.3 Å². The Morgan fingerprint density at radius 2 is 1.69 bits per heavy atom. The molecule has 8 nitrogen and oxygen atoms in total. The maximum Gasteiger partial charge on any atom is 0.343 e. The summed E-state index contributed by atoms with van der Waals surface area (Å²) in [6.07, 6.45) is 1.63. The van der Waals surface area contributed by atoms with E-state index in [9.17, 15) is 14.4 Å². The predicted octanol–water partition coefficient (Wildman–Crippen LogP) is 6.34. The molecule has 1 saturated heterocycles. The number of hydrogen-bond acceptors (Lipinski definition) is 8. The van der Waals surface area contributed by atoms with E-state index >= 15 is 0 Å². The predicted molar refractivity (Wildman–Crippen MR) is 158 cm³/mol. The monoisotopic (exact) mass is 659 g/mol. The SMILES string of the molecule is CCOc1cc(/C=C2\SC(=O)N(CCOc3ccc(C)cc3)C2=O)cc(I)c1OC(=O)c1ccc(OC)cc1. The molecule has 0 atom stereocenters. The maximum atomic E-state index is 13.0. The number of thioether (sulfide) groups is 1. The van der Waals surface area contributed by atoms with Gasteiger partial charge in [0, 0.05) is 0 Å². The summed E-state index contributed by atoms with van der Waals surface area (Å²) in [4.78, 5) is 39.7. The van der Waals surface area contributed by atoms with Gasteiger partial charge in [0.05, 0.1) is 34.3 Å². The van der Waals surface area contributed by atoms with Crippen molar-refractivity contribution in [3.63, 3.8) is 0 Å². The van der Waals surface area contributed by atoms with Gasteiger partial charge in [0.15, 0.2) is 11.5 Å². The fourth-order valence-electron chi connectivity index (χ4n) is 3.65. The van der Waals surface area contributed by atoms with Crippen LogP contribution in [0.4, 0.5) is 4.79 Å². The number of benzene rings is 3. The van der Waals surface area contributed by atoms with Crippen LogP contribution in [0.2, 0.25) is 0 Å². The fraction of sp³-hybridized carbons (Fsp3) is 0.207. The van der Waals surface area contributed by atoms with Crippen LogP contribution in [0.1, 0.15) is 28.4 Å². The maximum absolute atomic E-state index is 13.0. The van der Waals surface area contributed by atoms with Gasteiger partial charge in [-0.1, -0.05) is 17.7 Å². The summed E-state index contributed by atoms with van der Waals surface area (Å²) in [5, 5.41) is -0.358. The summed E-state index contributed by atoms with van der Waals surface area (Å²) in [7, 11) is 1.55. The van der Waals surface area contributed by atoms with E-state index in [1.54, 1.807) is 49.6 Å². The molecule has 0 saturated carbocycles. The highest BCUT2D eigenvalue weighted by atomic mass is 127. The van der Waals surface area contributed by atoms with Crippen molar-refractivity contribution < 1.29 is 33.3 Å². The van der Waals surface area contributed by atoms with Crippen LogP contribution in [0, 0.1) is 10.5 Å². The van der Waals surface area contributed by atoms with E-state index in [2.05, 4.69) is 0 Å². The number of carbonyl (C=O) groups excluding carboxylic acids is 3. The summed E-state index contributed by atoms with van der Waals surface area (Å²) in [6.45, 7) is 4.47. The van der Waals surface area contributed by atoms with Crippen molar-refractivity contribution in [2.45, 2.75) is 13.8 Å². The molecule has 0 spiro atoms. The highest BCUT2D eigenvalue weighted by Gasteiger charge is 2.35. The normalized spacial score (nSPS) is 14.1. The van der Waals surface area contributed by atoms with Crippen LogP contribution in [-0.4, -0.2) is 48.9 Å². The van der Waals surface area contributed by atoms with Crippen LogP contribution in [0.25, 0.3) is 6.08 Å². The molecule has 0 N–H and O–H groups in total. The Labute approximate surface area is 244 Å². The highest BCUT2D eigenvalue weighted by molar-refractivity contribution is 14.1. The topological polar surface area (TPSA) is 91.4 Å². The first kappa shape index (κ1) is 28.5. The number of aryl methyl sites for hydroxylation is 1. The molecule has 1 fully saturated rings. The molecule has 1 aliphatic rings. The van der Waals surface area contributed by atoms with Gasteiger partial charge in [0.2, 0.25) is 0 Å². The molecule has 0 radical (unpaired) electrons. The van der Waals surface area contributed by atoms with Crippen molar-refractivity contribution >= 4 is 57.5 Å². The van der Waals surface area contributed by atoms with Crippen molar-refractivity contribution in [3.05, 3.63) is 85.8 Å². The number of esters is 1. The molecule has 1 aliphatic heterocycles. The molecule has 39 heavy (non-hydrogen) atoms. The zero-order valence-electron chi connectivity index (χ0n) is 21.6. The van der Waals surface area contributed by atoms with Gasteiger partial charge in [-0.2, -0.15) is 0 Å². The Bertz CT molecular complexity index is 1400. The van der Waals surface area contributed by atoms with Crippen LogP contribution in [0.15, 0.2) is 65.6 Å². The highest BCUT2D eigenvalue weighted by Crippen LogP contribution is 2.38. The lowest BCUT2D eigenvalue weighted by Gasteiger charge is -2.14. The number of ether oxygens (including phenoxy) is 4. The van der Waals surface area contributed by atoms with E-state index in [1.807, 2.05) is 60.7 Å². The molecule has 0 bridgehead atoms. The van der Waals surface area contributed by atoms with Gasteiger partial charge < -0.3 is 18.9 Å². The van der Waals surface area contributed by atoms with Gasteiger partial charge in [-0.15, -0.1) is 0 Å². The van der Waals surface area contributed by atoms with Gasteiger partial charge in [-0.25, -0.2) is 4.79 Å². The van der Waals surface area contributed by atoms with Crippen LogP contribution in [0.5, 0.6) is 23.0 Å². The van der Waals surface area contributed by atoms with E-state index in [1.165, 1.54) is 4.90 Å². The van der Waals surface area contributed by atoms with Crippen LogP contribution in [0.3, 0.4) is 0 Å². The lowest BCUT2D eigenvalue weighted by Crippen LogP contribution is -2.32. The lowest BCUT2D eigenvalue weighted by molar-refractivity contribution is -0.123. The van der Waals surface area contributed by atoms with Crippen molar-refractivity contribution in [1.82, 2.24) is 4.90 Å². The minimum absolute atomic E-state index is 0.137. The lowest BCUT2D eigenvalue weighted by atomic mass is 10.1. The van der Waals surface area contributed by atoms with Crippen molar-refractivity contribution in [2.24, 2.45) is 0 Å². The van der Waals surface area contributed by atoms with E-state index in [4.69, 9.17) is 18.9 Å². The van der Waals surface area contributed by atoms with E-state index in [0.29, 0.717) is 38.6 Å². The quantitative estimate of drug-likeness (QED) is 0.108.